The molecule has 1 unspecified atom stereocenters. The van der Waals surface area contributed by atoms with Crippen molar-refractivity contribution in [3.63, 3.8) is 0 Å². The van der Waals surface area contributed by atoms with Gasteiger partial charge in [-0.2, -0.15) is 5.10 Å². The summed E-state index contributed by atoms with van der Waals surface area (Å²) in [5.41, 5.74) is 0.840. The average molecular weight is 316 g/mol. The largest absolute Gasteiger partial charge is 0.489 e. The quantitative estimate of drug-likeness (QED) is 0.860. The maximum Gasteiger partial charge on any atom is 0.139 e. The molecule has 0 aliphatic rings. The van der Waals surface area contributed by atoms with Crippen LogP contribution in [0.4, 0.5) is 5.69 Å². The van der Waals surface area contributed by atoms with Gasteiger partial charge in [-0.1, -0.05) is 23.2 Å². The summed E-state index contributed by atoms with van der Waals surface area (Å²) in [6.45, 7) is 0.469. The van der Waals surface area contributed by atoms with Crippen LogP contribution in [0.1, 0.15) is 0 Å². The molecule has 108 valence electrons. The van der Waals surface area contributed by atoms with Crippen LogP contribution < -0.4 is 10.1 Å². The second-order valence-electron chi connectivity index (χ2n) is 4.32. The Morgan fingerprint density at radius 3 is 2.95 bits per heavy atom. The van der Waals surface area contributed by atoms with E-state index in [0.29, 0.717) is 22.3 Å². The second-order valence-corrected chi connectivity index (χ2v) is 5.17. The first-order valence-corrected chi connectivity index (χ1v) is 6.78. The summed E-state index contributed by atoms with van der Waals surface area (Å²) in [6.07, 6.45) is 2.83. The van der Waals surface area contributed by atoms with E-state index < -0.39 is 6.10 Å². The van der Waals surface area contributed by atoms with Gasteiger partial charge in [0.05, 0.1) is 16.9 Å². The van der Waals surface area contributed by atoms with Crippen LogP contribution in [0.15, 0.2) is 30.6 Å². The number of nitrogens with zero attached hydrogens (tertiary/aromatic N) is 2. The molecule has 2 aromatic rings. The van der Waals surface area contributed by atoms with Gasteiger partial charge in [0.1, 0.15) is 18.5 Å². The highest BCUT2D eigenvalue weighted by Crippen LogP contribution is 2.27. The molecule has 1 aromatic heterocycles. The van der Waals surface area contributed by atoms with Crippen LogP contribution >= 0.6 is 23.2 Å². The molecule has 0 radical (unpaired) electrons. The minimum Gasteiger partial charge on any atom is -0.489 e. The zero-order valence-electron chi connectivity index (χ0n) is 10.9. The Balaban J connectivity index is 1.80. The Morgan fingerprint density at radius 2 is 2.25 bits per heavy atom. The first-order chi connectivity index (χ1) is 9.54. The lowest BCUT2D eigenvalue weighted by Gasteiger charge is -2.14. The van der Waals surface area contributed by atoms with Crippen molar-refractivity contribution in [3.05, 3.63) is 40.6 Å². The van der Waals surface area contributed by atoms with Crippen molar-refractivity contribution in [2.24, 2.45) is 7.05 Å². The molecule has 0 saturated carbocycles. The third-order valence-corrected chi connectivity index (χ3v) is 3.12. The molecule has 0 saturated heterocycles. The van der Waals surface area contributed by atoms with Crippen molar-refractivity contribution in [1.82, 2.24) is 9.78 Å². The van der Waals surface area contributed by atoms with Gasteiger partial charge in [-0.3, -0.25) is 4.68 Å². The molecule has 0 spiro atoms. The average Bonchev–Trinajstić information content (AvgIpc) is 2.83. The SMILES string of the molecule is Cn1cc(NCC(O)COc2cc(Cl)ccc2Cl)cn1. The minimum absolute atomic E-state index is 0.118. The third kappa shape index (κ3) is 4.30. The Morgan fingerprint density at radius 1 is 1.45 bits per heavy atom. The maximum absolute atomic E-state index is 9.85. The number of halogens is 2. The number of ether oxygens (including phenoxy) is 1. The number of aryl methyl sites for hydroxylation is 1. The molecule has 7 heteroatoms. The van der Waals surface area contributed by atoms with Crippen LogP contribution in [-0.4, -0.2) is 34.1 Å². The second kappa shape index (κ2) is 6.83. The van der Waals surface area contributed by atoms with E-state index in [0.717, 1.165) is 5.69 Å². The van der Waals surface area contributed by atoms with Gasteiger partial charge in [0, 0.05) is 30.9 Å². The van der Waals surface area contributed by atoms with E-state index in [9.17, 15) is 5.11 Å². The number of hydrogen-bond acceptors (Lipinski definition) is 4. The predicted octanol–water partition coefficient (Wildman–Crippen LogP) is 2.58. The summed E-state index contributed by atoms with van der Waals surface area (Å²) in [5.74, 6) is 0.458. The lowest BCUT2D eigenvalue weighted by molar-refractivity contribution is 0.117. The fraction of sp³-hybridized carbons (Fsp3) is 0.308. The van der Waals surface area contributed by atoms with Gasteiger partial charge < -0.3 is 15.2 Å². The molecule has 0 bridgehead atoms. The van der Waals surface area contributed by atoms with Crippen LogP contribution in [-0.2, 0) is 7.05 Å². The van der Waals surface area contributed by atoms with E-state index in [4.69, 9.17) is 27.9 Å². The fourth-order valence-electron chi connectivity index (χ4n) is 1.58. The molecule has 0 amide bonds. The molecule has 5 nitrogen and oxygen atoms in total. The summed E-state index contributed by atoms with van der Waals surface area (Å²) in [7, 11) is 1.83. The van der Waals surface area contributed by atoms with Crippen molar-refractivity contribution in [3.8, 4) is 5.75 Å². The van der Waals surface area contributed by atoms with Crippen molar-refractivity contribution in [2.75, 3.05) is 18.5 Å². The smallest absolute Gasteiger partial charge is 0.139 e. The summed E-state index contributed by atoms with van der Waals surface area (Å²) in [6, 6.07) is 4.95. The number of nitrogens with one attached hydrogen (secondary N) is 1. The highest BCUT2D eigenvalue weighted by molar-refractivity contribution is 6.34. The Kier molecular flexibility index (Phi) is 5.11. The summed E-state index contributed by atoms with van der Waals surface area (Å²) < 4.78 is 7.12. The Hall–Kier alpha value is -1.43. The van der Waals surface area contributed by atoms with Crippen molar-refractivity contribution in [2.45, 2.75) is 6.10 Å². The predicted molar refractivity (Wildman–Crippen MR) is 79.7 cm³/mol. The summed E-state index contributed by atoms with van der Waals surface area (Å²) in [5, 5.41) is 17.9. The standard InChI is InChI=1S/C13H15Cl2N3O2/c1-18-7-10(5-17-18)16-6-11(19)8-20-13-4-9(14)2-3-12(13)15/h2-5,7,11,16,19H,6,8H2,1H3. The molecular formula is C13H15Cl2N3O2. The van der Waals surface area contributed by atoms with Gasteiger partial charge in [0.25, 0.3) is 0 Å². The zero-order chi connectivity index (χ0) is 14.5. The first kappa shape index (κ1) is 15.0. The number of aromatic nitrogens is 2. The molecule has 0 aliphatic heterocycles. The monoisotopic (exact) mass is 315 g/mol. The molecule has 1 aromatic carbocycles. The van der Waals surface area contributed by atoms with Crippen LogP contribution in [0.25, 0.3) is 0 Å². The normalized spacial score (nSPS) is 12.2. The van der Waals surface area contributed by atoms with Crippen molar-refractivity contribution in [1.29, 1.82) is 0 Å². The number of aliphatic hydroxyl groups is 1. The molecule has 20 heavy (non-hydrogen) atoms. The molecule has 1 atom stereocenters. The Bertz CT molecular complexity index is 574. The Labute approximate surface area is 127 Å². The van der Waals surface area contributed by atoms with E-state index in [1.165, 1.54) is 0 Å². The molecule has 2 N–H and O–H groups in total. The highest BCUT2D eigenvalue weighted by atomic mass is 35.5. The van der Waals surface area contributed by atoms with Crippen LogP contribution in [0, 0.1) is 0 Å². The van der Waals surface area contributed by atoms with Gasteiger partial charge in [-0.25, -0.2) is 0 Å². The highest BCUT2D eigenvalue weighted by Gasteiger charge is 2.08. The molecular weight excluding hydrogens is 301 g/mol. The van der Waals surface area contributed by atoms with Gasteiger partial charge >= 0.3 is 0 Å². The molecule has 0 aliphatic carbocycles. The number of anilines is 1. The van der Waals surface area contributed by atoms with E-state index in [-0.39, 0.29) is 6.61 Å². The third-order valence-electron chi connectivity index (χ3n) is 2.57. The van der Waals surface area contributed by atoms with Gasteiger partial charge in [0.15, 0.2) is 0 Å². The molecule has 0 fully saturated rings. The molecule has 2 rings (SSSR count). The van der Waals surface area contributed by atoms with Crippen molar-refractivity contribution < 1.29 is 9.84 Å². The first-order valence-electron chi connectivity index (χ1n) is 6.03. The van der Waals surface area contributed by atoms with Gasteiger partial charge in [0.2, 0.25) is 0 Å². The van der Waals surface area contributed by atoms with Crippen molar-refractivity contribution >= 4 is 28.9 Å². The fourth-order valence-corrected chi connectivity index (χ4v) is 1.92. The lowest BCUT2D eigenvalue weighted by atomic mass is 10.3. The van der Waals surface area contributed by atoms with E-state index in [1.807, 2.05) is 13.2 Å². The number of benzene rings is 1. The summed E-state index contributed by atoms with van der Waals surface area (Å²) in [4.78, 5) is 0. The summed E-state index contributed by atoms with van der Waals surface area (Å²) >= 11 is 11.8. The van der Waals surface area contributed by atoms with Gasteiger partial charge in [-0.05, 0) is 12.1 Å². The van der Waals surface area contributed by atoms with Crippen LogP contribution in [0.5, 0.6) is 5.75 Å². The topological polar surface area (TPSA) is 59.3 Å². The molecule has 1 heterocycles. The van der Waals surface area contributed by atoms with Crippen LogP contribution in [0.3, 0.4) is 0 Å². The van der Waals surface area contributed by atoms with Gasteiger partial charge in [-0.15, -0.1) is 0 Å². The van der Waals surface area contributed by atoms with E-state index >= 15 is 0 Å². The number of aliphatic hydroxyl groups excluding tert-OH is 1. The lowest BCUT2D eigenvalue weighted by Crippen LogP contribution is -2.26. The zero-order valence-corrected chi connectivity index (χ0v) is 12.4. The van der Waals surface area contributed by atoms with E-state index in [2.05, 4.69) is 10.4 Å². The van der Waals surface area contributed by atoms with Crippen LogP contribution in [0.2, 0.25) is 10.0 Å². The number of hydrogen-bond donors (Lipinski definition) is 2. The van der Waals surface area contributed by atoms with E-state index in [1.54, 1.807) is 29.1 Å². The number of rotatable bonds is 6. The minimum atomic E-state index is -0.676. The maximum atomic E-state index is 9.85.